The molecule has 0 saturated heterocycles. The fraction of sp³-hybridized carbons (Fsp3) is 0.0833. The van der Waals surface area contributed by atoms with Gasteiger partial charge in [0.25, 0.3) is 0 Å². The van der Waals surface area contributed by atoms with Gasteiger partial charge in [-0.3, -0.25) is 9.59 Å². The first kappa shape index (κ1) is 22.7. The smallest absolute Gasteiger partial charge is 0.244 e. The number of sulfone groups is 1. The van der Waals surface area contributed by atoms with E-state index in [2.05, 4.69) is 5.32 Å². The number of pyridine rings is 1. The number of hydrogen-bond donors (Lipinski definition) is 1. The molecule has 168 valence electrons. The first-order valence-corrected chi connectivity index (χ1v) is 11.7. The number of fused-ring (bicyclic) bond motifs is 1. The Bertz CT molecular complexity index is 1550. The van der Waals surface area contributed by atoms with Gasteiger partial charge in [0, 0.05) is 17.3 Å². The van der Waals surface area contributed by atoms with Crippen molar-refractivity contribution in [2.24, 2.45) is 0 Å². The van der Waals surface area contributed by atoms with Crippen LogP contribution < -0.4 is 10.7 Å². The Kier molecular flexibility index (Phi) is 6.05. The van der Waals surface area contributed by atoms with Gasteiger partial charge in [-0.1, -0.05) is 41.4 Å². The van der Waals surface area contributed by atoms with Gasteiger partial charge < -0.3 is 9.88 Å². The number of amides is 1. The van der Waals surface area contributed by atoms with Crippen molar-refractivity contribution in [2.75, 3.05) is 5.32 Å². The molecule has 0 saturated carbocycles. The van der Waals surface area contributed by atoms with Crippen LogP contribution in [0.3, 0.4) is 0 Å². The average molecular weight is 485 g/mol. The summed E-state index contributed by atoms with van der Waals surface area (Å²) in [7, 11) is -4.13. The van der Waals surface area contributed by atoms with Crippen LogP contribution in [-0.4, -0.2) is 18.9 Å². The zero-order valence-corrected chi connectivity index (χ0v) is 19.0. The largest absolute Gasteiger partial charge is 0.336 e. The number of aromatic nitrogens is 1. The van der Waals surface area contributed by atoms with Crippen LogP contribution in [0.1, 0.15) is 5.56 Å². The van der Waals surface area contributed by atoms with E-state index in [0.29, 0.717) is 5.52 Å². The molecular formula is C24H18ClFN2O4S. The summed E-state index contributed by atoms with van der Waals surface area (Å²) < 4.78 is 41.2. The zero-order chi connectivity index (χ0) is 23.8. The third kappa shape index (κ3) is 4.53. The molecule has 0 fully saturated rings. The molecule has 3 aromatic carbocycles. The van der Waals surface area contributed by atoms with Crippen molar-refractivity contribution in [1.82, 2.24) is 4.57 Å². The average Bonchev–Trinajstić information content (AvgIpc) is 2.78. The van der Waals surface area contributed by atoms with Gasteiger partial charge in [0.2, 0.25) is 21.2 Å². The Hall–Kier alpha value is -3.49. The summed E-state index contributed by atoms with van der Waals surface area (Å²) in [5.74, 6) is -1.13. The normalized spacial score (nSPS) is 11.5. The van der Waals surface area contributed by atoms with E-state index in [9.17, 15) is 22.4 Å². The molecule has 0 atom stereocenters. The number of aryl methyl sites for hydroxylation is 1. The topological polar surface area (TPSA) is 85.2 Å². The van der Waals surface area contributed by atoms with Crippen LogP contribution in [0.4, 0.5) is 10.1 Å². The van der Waals surface area contributed by atoms with Crippen molar-refractivity contribution in [2.45, 2.75) is 23.3 Å². The molecule has 1 N–H and O–H groups in total. The monoisotopic (exact) mass is 484 g/mol. The minimum atomic E-state index is -4.13. The van der Waals surface area contributed by atoms with Crippen LogP contribution in [-0.2, 0) is 21.2 Å². The maximum atomic E-state index is 13.4. The third-order valence-corrected chi connectivity index (χ3v) is 7.12. The summed E-state index contributed by atoms with van der Waals surface area (Å²) in [6.07, 6.45) is 1.18. The van der Waals surface area contributed by atoms with Gasteiger partial charge in [0.15, 0.2) is 0 Å². The molecule has 0 unspecified atom stereocenters. The number of anilines is 1. The SMILES string of the molecule is Cc1ccc2c(c1)c(=O)c(S(=O)(=O)c1ccccc1)cn2CC(=O)Nc1ccc(F)c(Cl)c1. The highest BCUT2D eigenvalue weighted by Gasteiger charge is 2.24. The van der Waals surface area contributed by atoms with Crippen molar-refractivity contribution in [3.63, 3.8) is 0 Å². The number of rotatable bonds is 5. The molecule has 0 radical (unpaired) electrons. The van der Waals surface area contributed by atoms with Gasteiger partial charge >= 0.3 is 0 Å². The van der Waals surface area contributed by atoms with Gasteiger partial charge in [0.1, 0.15) is 17.3 Å². The molecule has 9 heteroatoms. The highest BCUT2D eigenvalue weighted by molar-refractivity contribution is 7.91. The molecule has 0 aliphatic rings. The Balaban J connectivity index is 1.81. The number of carbonyl (C=O) groups is 1. The van der Waals surface area contributed by atoms with E-state index in [1.165, 1.54) is 35.0 Å². The summed E-state index contributed by atoms with van der Waals surface area (Å²) in [5.41, 5.74) is 0.819. The lowest BCUT2D eigenvalue weighted by molar-refractivity contribution is -0.116. The minimum absolute atomic E-state index is 0.0222. The predicted octanol–water partition coefficient (Wildman–Crippen LogP) is 4.57. The summed E-state index contributed by atoms with van der Waals surface area (Å²) in [4.78, 5) is 25.4. The van der Waals surface area contributed by atoms with Crippen LogP contribution in [0.15, 0.2) is 87.5 Å². The second kappa shape index (κ2) is 8.80. The molecular weight excluding hydrogens is 467 g/mol. The summed E-state index contributed by atoms with van der Waals surface area (Å²) in [6, 6.07) is 16.4. The molecule has 0 bridgehead atoms. The predicted molar refractivity (Wildman–Crippen MR) is 125 cm³/mol. The summed E-state index contributed by atoms with van der Waals surface area (Å²) >= 11 is 5.76. The van der Waals surface area contributed by atoms with Crippen LogP contribution >= 0.6 is 11.6 Å². The molecule has 1 amide bonds. The molecule has 1 heterocycles. The van der Waals surface area contributed by atoms with Crippen LogP contribution in [0.5, 0.6) is 0 Å². The third-order valence-electron chi connectivity index (χ3n) is 5.06. The highest BCUT2D eigenvalue weighted by Crippen LogP contribution is 2.23. The molecule has 0 aliphatic carbocycles. The summed E-state index contributed by atoms with van der Waals surface area (Å²) in [6.45, 7) is 1.50. The maximum absolute atomic E-state index is 13.4. The number of halogens is 2. The molecule has 4 aromatic rings. The molecule has 6 nitrogen and oxygen atoms in total. The van der Waals surface area contributed by atoms with Crippen LogP contribution in [0, 0.1) is 12.7 Å². The van der Waals surface area contributed by atoms with E-state index in [0.717, 1.165) is 11.6 Å². The second-order valence-corrected chi connectivity index (χ2v) is 9.79. The first-order valence-electron chi connectivity index (χ1n) is 9.85. The highest BCUT2D eigenvalue weighted by atomic mass is 35.5. The van der Waals surface area contributed by atoms with Gasteiger partial charge in [0.05, 0.1) is 15.4 Å². The van der Waals surface area contributed by atoms with Gasteiger partial charge in [-0.25, -0.2) is 12.8 Å². The van der Waals surface area contributed by atoms with Crippen LogP contribution in [0.2, 0.25) is 5.02 Å². The second-order valence-electron chi connectivity index (χ2n) is 7.46. The van der Waals surface area contributed by atoms with Crippen LogP contribution in [0.25, 0.3) is 10.9 Å². The molecule has 1 aromatic heterocycles. The first-order chi connectivity index (χ1) is 15.7. The van der Waals surface area contributed by atoms with E-state index in [4.69, 9.17) is 11.6 Å². The fourth-order valence-electron chi connectivity index (χ4n) is 3.46. The van der Waals surface area contributed by atoms with Gasteiger partial charge in [-0.15, -0.1) is 0 Å². The molecule has 0 spiro atoms. The molecule has 4 rings (SSSR count). The van der Waals surface area contributed by atoms with Crippen molar-refractivity contribution in [3.8, 4) is 0 Å². The Morgan fingerprint density at radius 1 is 1.06 bits per heavy atom. The number of nitrogens with zero attached hydrogens (tertiary/aromatic N) is 1. The van der Waals surface area contributed by atoms with E-state index in [-0.39, 0.29) is 27.5 Å². The summed E-state index contributed by atoms with van der Waals surface area (Å²) in [5, 5.41) is 2.64. The van der Waals surface area contributed by atoms with Crippen molar-refractivity contribution in [1.29, 1.82) is 0 Å². The Morgan fingerprint density at radius 2 is 1.79 bits per heavy atom. The number of hydrogen-bond acceptors (Lipinski definition) is 4. The number of benzene rings is 3. The quantitative estimate of drug-likeness (QED) is 0.449. The Morgan fingerprint density at radius 3 is 2.48 bits per heavy atom. The lowest BCUT2D eigenvalue weighted by Crippen LogP contribution is -2.24. The van der Waals surface area contributed by atoms with Gasteiger partial charge in [-0.2, -0.15) is 0 Å². The fourth-order valence-corrected chi connectivity index (χ4v) is 5.03. The van der Waals surface area contributed by atoms with E-state index < -0.39 is 31.9 Å². The standard InChI is InChI=1S/C24H18ClFN2O4S/c1-15-7-10-21-18(11-15)24(30)22(33(31,32)17-5-3-2-4-6-17)13-28(21)14-23(29)27-16-8-9-20(26)19(25)12-16/h2-13H,14H2,1H3,(H,27,29). The lowest BCUT2D eigenvalue weighted by atomic mass is 10.1. The molecule has 0 aliphatic heterocycles. The van der Waals surface area contributed by atoms with E-state index >= 15 is 0 Å². The van der Waals surface area contributed by atoms with Crippen molar-refractivity contribution < 1.29 is 17.6 Å². The van der Waals surface area contributed by atoms with Crippen molar-refractivity contribution >= 4 is 43.9 Å². The zero-order valence-electron chi connectivity index (χ0n) is 17.4. The van der Waals surface area contributed by atoms with E-state index in [1.54, 1.807) is 43.3 Å². The molecule has 33 heavy (non-hydrogen) atoms. The van der Waals surface area contributed by atoms with E-state index in [1.807, 2.05) is 0 Å². The Labute approximate surface area is 194 Å². The maximum Gasteiger partial charge on any atom is 0.244 e. The van der Waals surface area contributed by atoms with Crippen molar-refractivity contribution in [3.05, 3.63) is 99.6 Å². The van der Waals surface area contributed by atoms with Gasteiger partial charge in [-0.05, 0) is 49.4 Å². The minimum Gasteiger partial charge on any atom is -0.336 e. The lowest BCUT2D eigenvalue weighted by Gasteiger charge is -2.14. The number of carbonyl (C=O) groups excluding carboxylic acids is 1. The number of nitrogens with one attached hydrogen (secondary N) is 1.